The smallest absolute Gasteiger partial charge is 0.303 e. The summed E-state index contributed by atoms with van der Waals surface area (Å²) < 4.78 is 5.14. The Hall–Kier alpha value is -2.82. The van der Waals surface area contributed by atoms with Gasteiger partial charge in [0, 0.05) is 12.5 Å². The molecule has 0 aliphatic heterocycles. The van der Waals surface area contributed by atoms with Crippen molar-refractivity contribution in [2.24, 2.45) is 0 Å². The Kier molecular flexibility index (Phi) is 7.21. The minimum absolute atomic E-state index is 0.0225. The molecule has 2 aromatic rings. The molecule has 0 aromatic heterocycles. The number of benzene rings is 2. The highest BCUT2D eigenvalue weighted by Crippen LogP contribution is 2.20. The molecule has 0 aliphatic carbocycles. The van der Waals surface area contributed by atoms with Gasteiger partial charge in [-0.2, -0.15) is 0 Å². The Balaban J connectivity index is 2.04. The molecule has 0 spiro atoms. The van der Waals surface area contributed by atoms with E-state index in [0.717, 1.165) is 16.9 Å². The molecule has 0 heterocycles. The van der Waals surface area contributed by atoms with Gasteiger partial charge < -0.3 is 15.2 Å². The first-order valence-corrected chi connectivity index (χ1v) is 8.69. The lowest BCUT2D eigenvalue weighted by atomic mass is 9.97. The zero-order valence-corrected chi connectivity index (χ0v) is 15.1. The first-order chi connectivity index (χ1) is 12.5. The van der Waals surface area contributed by atoms with Gasteiger partial charge in [0.1, 0.15) is 5.75 Å². The van der Waals surface area contributed by atoms with Gasteiger partial charge in [-0.1, -0.05) is 42.5 Å². The lowest BCUT2D eigenvalue weighted by Crippen LogP contribution is -2.39. The molecular formula is C21H25NO4. The van der Waals surface area contributed by atoms with Crippen molar-refractivity contribution in [1.29, 1.82) is 0 Å². The maximum absolute atomic E-state index is 12.7. The van der Waals surface area contributed by atoms with Crippen molar-refractivity contribution in [2.75, 3.05) is 7.11 Å². The quantitative estimate of drug-likeness (QED) is 0.723. The third-order valence-electron chi connectivity index (χ3n) is 4.39. The number of hydrogen-bond acceptors (Lipinski definition) is 3. The molecule has 2 unspecified atom stereocenters. The predicted molar refractivity (Wildman–Crippen MR) is 100 cm³/mol. The highest BCUT2D eigenvalue weighted by atomic mass is 16.5. The highest BCUT2D eigenvalue weighted by Gasteiger charge is 2.20. The van der Waals surface area contributed by atoms with E-state index in [1.807, 2.05) is 61.5 Å². The highest BCUT2D eigenvalue weighted by molar-refractivity contribution is 5.83. The number of amides is 1. The molecule has 0 aliphatic rings. The van der Waals surface area contributed by atoms with Crippen LogP contribution in [0.4, 0.5) is 0 Å². The summed E-state index contributed by atoms with van der Waals surface area (Å²) in [6, 6.07) is 16.9. The average Bonchev–Trinajstić information content (AvgIpc) is 2.66. The molecule has 0 saturated heterocycles. The second-order valence-corrected chi connectivity index (χ2v) is 6.32. The number of ether oxygens (including phenoxy) is 1. The van der Waals surface area contributed by atoms with Crippen LogP contribution in [-0.4, -0.2) is 30.1 Å². The van der Waals surface area contributed by atoms with Crippen LogP contribution >= 0.6 is 0 Å². The van der Waals surface area contributed by atoms with E-state index in [1.54, 1.807) is 7.11 Å². The van der Waals surface area contributed by atoms with Gasteiger partial charge in [0.15, 0.2) is 0 Å². The monoisotopic (exact) mass is 355 g/mol. The fraction of sp³-hybridized carbons (Fsp3) is 0.333. The molecule has 2 rings (SSSR count). The van der Waals surface area contributed by atoms with Crippen molar-refractivity contribution >= 4 is 11.9 Å². The van der Waals surface area contributed by atoms with Crippen molar-refractivity contribution in [2.45, 2.75) is 38.1 Å². The maximum atomic E-state index is 12.7. The third kappa shape index (κ3) is 5.92. The van der Waals surface area contributed by atoms with Gasteiger partial charge in [0.25, 0.3) is 0 Å². The number of carbonyl (C=O) groups is 2. The normalized spacial score (nSPS) is 12.8. The lowest BCUT2D eigenvalue weighted by Gasteiger charge is -2.21. The molecule has 2 N–H and O–H groups in total. The van der Waals surface area contributed by atoms with Crippen molar-refractivity contribution in [3.8, 4) is 5.75 Å². The summed E-state index contributed by atoms with van der Waals surface area (Å²) in [5.41, 5.74) is 1.96. The Morgan fingerprint density at radius 1 is 1.08 bits per heavy atom. The van der Waals surface area contributed by atoms with E-state index in [4.69, 9.17) is 9.84 Å². The number of carboxylic acids is 1. The summed E-state index contributed by atoms with van der Waals surface area (Å²) in [5, 5.41) is 12.0. The SMILES string of the molecule is COc1ccc(C(C)C(=O)NC(CCC(=O)O)Cc2ccccc2)cc1. The number of carbonyl (C=O) groups excluding carboxylic acids is 1. The van der Waals surface area contributed by atoms with Gasteiger partial charge >= 0.3 is 5.97 Å². The van der Waals surface area contributed by atoms with Crippen molar-refractivity contribution in [3.63, 3.8) is 0 Å². The minimum Gasteiger partial charge on any atom is -0.497 e. The number of hydrogen-bond donors (Lipinski definition) is 2. The molecule has 0 radical (unpaired) electrons. The fourth-order valence-corrected chi connectivity index (χ4v) is 2.79. The minimum atomic E-state index is -0.861. The molecule has 5 nitrogen and oxygen atoms in total. The Morgan fingerprint density at radius 3 is 2.31 bits per heavy atom. The van der Waals surface area contributed by atoms with Crippen LogP contribution in [0.25, 0.3) is 0 Å². The van der Waals surface area contributed by atoms with E-state index in [0.29, 0.717) is 12.8 Å². The number of rotatable bonds is 9. The second kappa shape index (κ2) is 9.61. The molecule has 1 amide bonds. The molecule has 2 atom stereocenters. The summed E-state index contributed by atoms with van der Waals surface area (Å²) in [6.45, 7) is 1.84. The van der Waals surface area contributed by atoms with Crippen LogP contribution in [0.3, 0.4) is 0 Å². The van der Waals surface area contributed by atoms with Crippen LogP contribution in [0.5, 0.6) is 5.75 Å². The van der Waals surface area contributed by atoms with E-state index in [-0.39, 0.29) is 24.3 Å². The predicted octanol–water partition coefficient (Wildman–Crippen LogP) is 3.39. The maximum Gasteiger partial charge on any atom is 0.303 e. The van der Waals surface area contributed by atoms with Gasteiger partial charge in [-0.25, -0.2) is 0 Å². The average molecular weight is 355 g/mol. The van der Waals surface area contributed by atoms with Crippen molar-refractivity contribution < 1.29 is 19.4 Å². The van der Waals surface area contributed by atoms with E-state index >= 15 is 0 Å². The van der Waals surface area contributed by atoms with Crippen LogP contribution in [0.15, 0.2) is 54.6 Å². The molecular weight excluding hydrogens is 330 g/mol. The molecule has 5 heteroatoms. The number of methoxy groups -OCH3 is 1. The zero-order valence-electron chi connectivity index (χ0n) is 15.1. The molecule has 138 valence electrons. The van der Waals surface area contributed by atoms with Crippen LogP contribution in [-0.2, 0) is 16.0 Å². The molecule has 26 heavy (non-hydrogen) atoms. The van der Waals surface area contributed by atoms with Gasteiger partial charge in [-0.15, -0.1) is 0 Å². The molecule has 2 aromatic carbocycles. The van der Waals surface area contributed by atoms with E-state index in [9.17, 15) is 9.59 Å². The van der Waals surface area contributed by atoms with Gasteiger partial charge in [-0.3, -0.25) is 9.59 Å². The largest absolute Gasteiger partial charge is 0.497 e. The van der Waals surface area contributed by atoms with Crippen LogP contribution in [0.2, 0.25) is 0 Å². The third-order valence-corrected chi connectivity index (χ3v) is 4.39. The Morgan fingerprint density at radius 2 is 1.73 bits per heavy atom. The number of nitrogens with one attached hydrogen (secondary N) is 1. The number of carboxylic acid groups (broad SMARTS) is 1. The van der Waals surface area contributed by atoms with E-state index < -0.39 is 5.97 Å². The van der Waals surface area contributed by atoms with Crippen molar-refractivity contribution in [1.82, 2.24) is 5.32 Å². The standard InChI is InChI=1S/C21H25NO4/c1-15(17-8-11-19(26-2)12-9-17)21(25)22-18(10-13-20(23)24)14-16-6-4-3-5-7-16/h3-9,11-12,15,18H,10,13-14H2,1-2H3,(H,22,25)(H,23,24). The van der Waals surface area contributed by atoms with E-state index in [1.165, 1.54) is 0 Å². The molecule has 0 bridgehead atoms. The summed E-state index contributed by atoms with van der Waals surface area (Å²) in [5.74, 6) is -0.559. The first-order valence-electron chi connectivity index (χ1n) is 8.69. The second-order valence-electron chi connectivity index (χ2n) is 6.32. The van der Waals surface area contributed by atoms with Gasteiger partial charge in [0.05, 0.1) is 13.0 Å². The topological polar surface area (TPSA) is 75.6 Å². The zero-order chi connectivity index (χ0) is 18.9. The summed E-state index contributed by atoms with van der Waals surface area (Å²) in [7, 11) is 1.60. The van der Waals surface area contributed by atoms with E-state index in [2.05, 4.69) is 5.32 Å². The summed E-state index contributed by atoms with van der Waals surface area (Å²) >= 11 is 0. The van der Waals surface area contributed by atoms with Gasteiger partial charge in [0.2, 0.25) is 5.91 Å². The lowest BCUT2D eigenvalue weighted by molar-refractivity contribution is -0.137. The molecule has 0 fully saturated rings. The summed E-state index contributed by atoms with van der Waals surface area (Å²) in [4.78, 5) is 23.6. The van der Waals surface area contributed by atoms with Gasteiger partial charge in [-0.05, 0) is 43.0 Å². The Bertz CT molecular complexity index is 713. The molecule has 0 saturated carbocycles. The number of aliphatic carboxylic acids is 1. The van der Waals surface area contributed by atoms with Crippen molar-refractivity contribution in [3.05, 3.63) is 65.7 Å². The van der Waals surface area contributed by atoms with Crippen LogP contribution in [0, 0.1) is 0 Å². The fourth-order valence-electron chi connectivity index (χ4n) is 2.79. The Labute approximate surface area is 154 Å². The van der Waals surface area contributed by atoms with Crippen LogP contribution in [0.1, 0.15) is 36.8 Å². The van der Waals surface area contributed by atoms with Crippen LogP contribution < -0.4 is 10.1 Å². The first kappa shape index (κ1) is 19.5. The summed E-state index contributed by atoms with van der Waals surface area (Å²) in [6.07, 6.45) is 1.02.